The van der Waals surface area contributed by atoms with Gasteiger partial charge in [-0.3, -0.25) is 4.99 Å². The van der Waals surface area contributed by atoms with Gasteiger partial charge in [0, 0.05) is 44.7 Å². The molecule has 0 saturated heterocycles. The Morgan fingerprint density at radius 1 is 1.13 bits per heavy atom. The Kier molecular flexibility index (Phi) is 9.32. The highest BCUT2D eigenvalue weighted by Gasteiger charge is 2.22. The van der Waals surface area contributed by atoms with Gasteiger partial charge in [-0.2, -0.15) is 0 Å². The van der Waals surface area contributed by atoms with Crippen LogP contribution in [0.2, 0.25) is 0 Å². The summed E-state index contributed by atoms with van der Waals surface area (Å²) in [5.74, 6) is 3.58. The van der Waals surface area contributed by atoms with E-state index in [1.54, 1.807) is 6.26 Å². The second kappa shape index (κ2) is 12.2. The van der Waals surface area contributed by atoms with Crippen LogP contribution < -0.4 is 15.4 Å². The summed E-state index contributed by atoms with van der Waals surface area (Å²) in [7, 11) is 0. The van der Waals surface area contributed by atoms with Crippen LogP contribution in [0.3, 0.4) is 0 Å². The number of aliphatic imine (C=N–C) groups is 1. The summed E-state index contributed by atoms with van der Waals surface area (Å²) in [5, 5.41) is 7.05. The van der Waals surface area contributed by atoms with Crippen LogP contribution in [0.1, 0.15) is 43.0 Å². The van der Waals surface area contributed by atoms with Crippen molar-refractivity contribution in [2.45, 2.75) is 38.1 Å². The van der Waals surface area contributed by atoms with E-state index < -0.39 is 0 Å². The molecular formula is C23H32IN3O3. The zero-order valence-corrected chi connectivity index (χ0v) is 19.7. The molecule has 164 valence electrons. The zero-order valence-electron chi connectivity index (χ0n) is 17.3. The van der Waals surface area contributed by atoms with Crippen molar-refractivity contribution in [1.82, 2.24) is 10.6 Å². The van der Waals surface area contributed by atoms with Gasteiger partial charge in [-0.1, -0.05) is 18.2 Å². The normalized spacial score (nSPS) is 18.1. The Morgan fingerprint density at radius 3 is 2.87 bits per heavy atom. The summed E-state index contributed by atoms with van der Waals surface area (Å²) >= 11 is 0. The van der Waals surface area contributed by atoms with E-state index in [2.05, 4.69) is 22.8 Å². The molecule has 7 heteroatoms. The highest BCUT2D eigenvalue weighted by atomic mass is 127. The Bertz CT molecular complexity index is 778. The number of furan rings is 1. The number of guanidine groups is 1. The van der Waals surface area contributed by atoms with Gasteiger partial charge in [-0.05, 0) is 43.4 Å². The molecule has 6 nitrogen and oxygen atoms in total. The van der Waals surface area contributed by atoms with Gasteiger partial charge in [-0.15, -0.1) is 24.0 Å². The molecule has 1 aromatic heterocycles. The Balaban J connectivity index is 0.00000256. The molecule has 1 fully saturated rings. The number of nitrogens with one attached hydrogen (secondary N) is 2. The molecule has 2 aromatic rings. The first-order chi connectivity index (χ1) is 14.4. The predicted molar refractivity (Wildman–Crippen MR) is 129 cm³/mol. The quantitative estimate of drug-likeness (QED) is 0.210. The van der Waals surface area contributed by atoms with Gasteiger partial charge in [0.05, 0.1) is 18.9 Å². The third kappa shape index (κ3) is 7.19. The Hall–Kier alpha value is -1.74. The first kappa shape index (κ1) is 22.9. The van der Waals surface area contributed by atoms with Crippen molar-refractivity contribution in [3.05, 3.63) is 54.0 Å². The molecule has 2 aliphatic rings. The molecule has 0 radical (unpaired) electrons. The number of hydrogen-bond acceptors (Lipinski definition) is 4. The number of halogens is 1. The maximum atomic E-state index is 5.79. The Morgan fingerprint density at radius 2 is 2.03 bits per heavy atom. The van der Waals surface area contributed by atoms with Crippen LogP contribution in [0.5, 0.6) is 5.75 Å². The van der Waals surface area contributed by atoms with Crippen molar-refractivity contribution in [2.24, 2.45) is 10.9 Å². The lowest BCUT2D eigenvalue weighted by Crippen LogP contribution is -2.42. The second-order valence-electron chi connectivity index (χ2n) is 7.73. The maximum absolute atomic E-state index is 5.79. The summed E-state index contributed by atoms with van der Waals surface area (Å²) in [5.41, 5.74) is 1.19. The van der Waals surface area contributed by atoms with Gasteiger partial charge < -0.3 is 24.5 Å². The average Bonchev–Trinajstić information content (AvgIpc) is 3.43. The minimum atomic E-state index is 0. The minimum Gasteiger partial charge on any atom is -0.493 e. The SMILES string of the molecule is I.c1coc(CCNC(=NCCCOCC2CC2)NC2CCOc3ccccc32)c1. The van der Waals surface area contributed by atoms with Crippen LogP contribution in [0.15, 0.2) is 52.1 Å². The fraction of sp³-hybridized carbons (Fsp3) is 0.522. The van der Waals surface area contributed by atoms with E-state index in [0.717, 1.165) is 69.0 Å². The standard InChI is InChI=1S/C23H31N3O3.HI/c1-2-7-22-20(6-1)21(11-16-29-22)26-23(25-13-10-19-5-3-15-28-19)24-12-4-14-27-17-18-8-9-18;/h1-3,5-7,15,18,21H,4,8-14,16-17H2,(H2,24,25,26);1H. The van der Waals surface area contributed by atoms with Gasteiger partial charge in [0.1, 0.15) is 11.5 Å². The number of hydrogen-bond donors (Lipinski definition) is 2. The molecule has 1 aromatic carbocycles. The minimum absolute atomic E-state index is 0. The molecule has 4 rings (SSSR count). The molecule has 1 aliphatic carbocycles. The van der Waals surface area contributed by atoms with E-state index in [9.17, 15) is 0 Å². The summed E-state index contributed by atoms with van der Waals surface area (Å²) in [6.07, 6.45) is 7.05. The number of benzene rings is 1. The smallest absolute Gasteiger partial charge is 0.191 e. The van der Waals surface area contributed by atoms with Crippen LogP contribution in [-0.2, 0) is 11.2 Å². The molecule has 1 unspecified atom stereocenters. The van der Waals surface area contributed by atoms with Crippen molar-refractivity contribution < 1.29 is 13.9 Å². The molecule has 1 aliphatic heterocycles. The highest BCUT2D eigenvalue weighted by molar-refractivity contribution is 14.0. The zero-order chi connectivity index (χ0) is 19.7. The molecule has 2 heterocycles. The lowest BCUT2D eigenvalue weighted by atomic mass is 10.0. The van der Waals surface area contributed by atoms with Crippen LogP contribution in [0.4, 0.5) is 0 Å². The van der Waals surface area contributed by atoms with Crippen molar-refractivity contribution in [3.63, 3.8) is 0 Å². The second-order valence-corrected chi connectivity index (χ2v) is 7.73. The molecule has 1 atom stereocenters. The molecule has 1 saturated carbocycles. The van der Waals surface area contributed by atoms with E-state index in [1.807, 2.05) is 24.3 Å². The van der Waals surface area contributed by atoms with Crippen LogP contribution >= 0.6 is 24.0 Å². The topological polar surface area (TPSA) is 68.0 Å². The van der Waals surface area contributed by atoms with Gasteiger partial charge in [0.15, 0.2) is 5.96 Å². The van der Waals surface area contributed by atoms with Crippen LogP contribution in [-0.4, -0.2) is 38.9 Å². The molecule has 2 N–H and O–H groups in total. The summed E-state index contributed by atoms with van der Waals surface area (Å²) < 4.78 is 16.9. The van der Waals surface area contributed by atoms with Gasteiger partial charge in [0.25, 0.3) is 0 Å². The van der Waals surface area contributed by atoms with Gasteiger partial charge in [-0.25, -0.2) is 0 Å². The van der Waals surface area contributed by atoms with E-state index in [1.165, 1.54) is 18.4 Å². The first-order valence-corrected chi connectivity index (χ1v) is 10.7. The number of nitrogens with zero attached hydrogens (tertiary/aromatic N) is 1. The van der Waals surface area contributed by atoms with E-state index >= 15 is 0 Å². The van der Waals surface area contributed by atoms with Gasteiger partial charge >= 0.3 is 0 Å². The summed E-state index contributed by atoms with van der Waals surface area (Å²) in [6.45, 7) is 3.91. The first-order valence-electron chi connectivity index (χ1n) is 10.7. The summed E-state index contributed by atoms with van der Waals surface area (Å²) in [4.78, 5) is 4.78. The largest absolute Gasteiger partial charge is 0.493 e. The molecule has 0 amide bonds. The Labute approximate surface area is 195 Å². The monoisotopic (exact) mass is 525 g/mol. The molecule has 0 spiro atoms. The predicted octanol–water partition coefficient (Wildman–Crippen LogP) is 4.32. The number of rotatable bonds is 10. The van der Waals surface area contributed by atoms with Crippen LogP contribution in [0.25, 0.3) is 0 Å². The fourth-order valence-electron chi connectivity index (χ4n) is 3.46. The van der Waals surface area contributed by atoms with Crippen molar-refractivity contribution >= 4 is 29.9 Å². The van der Waals surface area contributed by atoms with E-state index in [-0.39, 0.29) is 30.0 Å². The van der Waals surface area contributed by atoms with Crippen molar-refractivity contribution in [1.29, 1.82) is 0 Å². The summed E-state index contributed by atoms with van der Waals surface area (Å²) in [6, 6.07) is 12.3. The number of ether oxygens (including phenoxy) is 2. The molecule has 0 bridgehead atoms. The van der Waals surface area contributed by atoms with Gasteiger partial charge in [0.2, 0.25) is 0 Å². The highest BCUT2D eigenvalue weighted by Crippen LogP contribution is 2.31. The third-order valence-corrected chi connectivity index (χ3v) is 5.28. The molecule has 30 heavy (non-hydrogen) atoms. The van der Waals surface area contributed by atoms with E-state index in [0.29, 0.717) is 6.61 Å². The number of para-hydroxylation sites is 1. The van der Waals surface area contributed by atoms with Crippen LogP contribution in [0, 0.1) is 5.92 Å². The average molecular weight is 525 g/mol. The van der Waals surface area contributed by atoms with E-state index in [4.69, 9.17) is 18.9 Å². The maximum Gasteiger partial charge on any atom is 0.191 e. The fourth-order valence-corrected chi connectivity index (χ4v) is 3.46. The van der Waals surface area contributed by atoms with Crippen molar-refractivity contribution in [3.8, 4) is 5.75 Å². The third-order valence-electron chi connectivity index (χ3n) is 5.28. The lowest BCUT2D eigenvalue weighted by Gasteiger charge is -2.28. The lowest BCUT2D eigenvalue weighted by molar-refractivity contribution is 0.123. The number of fused-ring (bicyclic) bond motifs is 1. The van der Waals surface area contributed by atoms with Crippen molar-refractivity contribution in [2.75, 3.05) is 32.9 Å². The molecular weight excluding hydrogens is 493 g/mol.